The Kier molecular flexibility index (Phi) is 12.0. The van der Waals surface area contributed by atoms with E-state index >= 15 is 0 Å². The van der Waals surface area contributed by atoms with Gasteiger partial charge in [-0.25, -0.2) is 9.59 Å². The molecule has 6 atom stereocenters. The lowest BCUT2D eigenvalue weighted by Gasteiger charge is -2.33. The first-order valence-electron chi connectivity index (χ1n) is 14.2. The molecule has 2 rings (SSSR count). The van der Waals surface area contributed by atoms with Gasteiger partial charge in [0.15, 0.2) is 0 Å². The average molecular weight is 562 g/mol. The van der Waals surface area contributed by atoms with E-state index in [1.165, 1.54) is 0 Å². The van der Waals surface area contributed by atoms with Crippen molar-refractivity contribution in [3.8, 4) is 0 Å². The van der Waals surface area contributed by atoms with Crippen LogP contribution in [0.4, 0.5) is 4.79 Å². The molecule has 1 aromatic rings. The summed E-state index contributed by atoms with van der Waals surface area (Å²) in [5.41, 5.74) is 0.195. The van der Waals surface area contributed by atoms with Crippen LogP contribution in [-0.2, 0) is 25.5 Å². The SMILES string of the molecule is CC(C)C(NC(=O)[C@H](NC(=O)[C@@H]1CCCC1C(O)C(Cc1ccccc1)NC(=O)OC(C)(C)C)C(C)C)C(=O)O. The van der Waals surface area contributed by atoms with E-state index in [0.29, 0.717) is 25.7 Å². The molecular formula is C30H47N3O7. The predicted molar refractivity (Wildman–Crippen MR) is 151 cm³/mol. The summed E-state index contributed by atoms with van der Waals surface area (Å²) < 4.78 is 5.44. The molecule has 1 aromatic carbocycles. The zero-order chi connectivity index (χ0) is 30.2. The monoisotopic (exact) mass is 561 g/mol. The molecule has 5 N–H and O–H groups in total. The number of alkyl carbamates (subject to hydrolysis) is 1. The van der Waals surface area contributed by atoms with Crippen LogP contribution in [0.15, 0.2) is 30.3 Å². The van der Waals surface area contributed by atoms with Crippen LogP contribution >= 0.6 is 0 Å². The Hall–Kier alpha value is -3.14. The van der Waals surface area contributed by atoms with Crippen molar-refractivity contribution in [3.05, 3.63) is 35.9 Å². The lowest BCUT2D eigenvalue weighted by atomic mass is 9.84. The van der Waals surface area contributed by atoms with Crippen molar-refractivity contribution in [1.82, 2.24) is 16.0 Å². The lowest BCUT2D eigenvalue weighted by Crippen LogP contribution is -2.56. The number of carboxylic acids is 1. The number of aliphatic hydroxyl groups excluding tert-OH is 1. The fourth-order valence-electron chi connectivity index (χ4n) is 5.16. The number of carboxylic acid groups (broad SMARTS) is 1. The second kappa shape index (κ2) is 14.5. The molecule has 0 aromatic heterocycles. The molecule has 0 saturated heterocycles. The molecule has 4 unspecified atom stereocenters. The third-order valence-electron chi connectivity index (χ3n) is 7.24. The van der Waals surface area contributed by atoms with Crippen LogP contribution in [0.3, 0.4) is 0 Å². The van der Waals surface area contributed by atoms with Crippen LogP contribution in [0.25, 0.3) is 0 Å². The van der Waals surface area contributed by atoms with Crippen molar-refractivity contribution in [2.24, 2.45) is 23.7 Å². The molecule has 3 amide bonds. The molecule has 0 bridgehead atoms. The number of nitrogens with one attached hydrogen (secondary N) is 3. The highest BCUT2D eigenvalue weighted by atomic mass is 16.6. The first-order valence-corrected chi connectivity index (χ1v) is 14.2. The maximum Gasteiger partial charge on any atom is 0.407 e. The largest absolute Gasteiger partial charge is 0.480 e. The fourth-order valence-corrected chi connectivity index (χ4v) is 5.16. The summed E-state index contributed by atoms with van der Waals surface area (Å²) in [6, 6.07) is 6.73. The van der Waals surface area contributed by atoms with E-state index in [1.54, 1.807) is 48.5 Å². The van der Waals surface area contributed by atoms with Gasteiger partial charge in [0.1, 0.15) is 17.7 Å². The molecule has 0 radical (unpaired) electrons. The minimum atomic E-state index is -1.14. The molecule has 0 spiro atoms. The smallest absolute Gasteiger partial charge is 0.407 e. The van der Waals surface area contributed by atoms with Gasteiger partial charge in [0, 0.05) is 5.92 Å². The molecule has 1 fully saturated rings. The predicted octanol–water partition coefficient (Wildman–Crippen LogP) is 3.27. The van der Waals surface area contributed by atoms with Gasteiger partial charge in [-0.15, -0.1) is 0 Å². The van der Waals surface area contributed by atoms with Crippen molar-refractivity contribution in [2.45, 2.75) is 104 Å². The van der Waals surface area contributed by atoms with Gasteiger partial charge < -0.3 is 30.9 Å². The maximum absolute atomic E-state index is 13.5. The molecule has 1 aliphatic carbocycles. The summed E-state index contributed by atoms with van der Waals surface area (Å²) in [4.78, 5) is 50.8. The Morgan fingerprint density at radius 1 is 0.925 bits per heavy atom. The molecule has 10 heteroatoms. The van der Waals surface area contributed by atoms with Crippen LogP contribution < -0.4 is 16.0 Å². The highest BCUT2D eigenvalue weighted by molar-refractivity contribution is 5.91. The zero-order valence-corrected chi connectivity index (χ0v) is 24.8. The molecular weight excluding hydrogens is 514 g/mol. The second-order valence-corrected chi connectivity index (χ2v) is 12.4. The van der Waals surface area contributed by atoms with Crippen LogP contribution in [0.5, 0.6) is 0 Å². The van der Waals surface area contributed by atoms with Gasteiger partial charge in [-0.1, -0.05) is 64.4 Å². The number of ether oxygens (including phenoxy) is 1. The number of carbonyl (C=O) groups is 4. The molecule has 1 saturated carbocycles. The minimum absolute atomic E-state index is 0.296. The Labute approximate surface area is 237 Å². The Morgan fingerprint density at radius 2 is 1.52 bits per heavy atom. The molecule has 40 heavy (non-hydrogen) atoms. The van der Waals surface area contributed by atoms with E-state index in [0.717, 1.165) is 5.56 Å². The van der Waals surface area contributed by atoms with E-state index < -0.39 is 59.6 Å². The zero-order valence-electron chi connectivity index (χ0n) is 24.8. The summed E-state index contributed by atoms with van der Waals surface area (Å²) in [5, 5.41) is 29.2. The van der Waals surface area contributed by atoms with Gasteiger partial charge in [0.2, 0.25) is 11.8 Å². The number of carbonyl (C=O) groups excluding carboxylic acids is 3. The quantitative estimate of drug-likeness (QED) is 0.262. The van der Waals surface area contributed by atoms with Crippen LogP contribution in [0, 0.1) is 23.7 Å². The van der Waals surface area contributed by atoms with Crippen LogP contribution in [0.2, 0.25) is 0 Å². The summed E-state index contributed by atoms with van der Waals surface area (Å²) in [5.74, 6) is -3.74. The van der Waals surface area contributed by atoms with E-state index in [2.05, 4.69) is 16.0 Å². The first-order chi connectivity index (χ1) is 18.6. The summed E-state index contributed by atoms with van der Waals surface area (Å²) >= 11 is 0. The average Bonchev–Trinajstić information content (AvgIpc) is 3.33. The number of aliphatic hydroxyl groups is 1. The van der Waals surface area contributed by atoms with E-state index in [9.17, 15) is 29.4 Å². The Morgan fingerprint density at radius 3 is 2.05 bits per heavy atom. The van der Waals surface area contributed by atoms with Crippen molar-refractivity contribution in [3.63, 3.8) is 0 Å². The van der Waals surface area contributed by atoms with E-state index in [-0.39, 0.29) is 17.7 Å². The third-order valence-corrected chi connectivity index (χ3v) is 7.24. The standard InChI is InChI=1S/C30H47N3O7/c1-17(2)23(27(36)33-24(18(3)4)28(37)38)32-26(35)21-15-11-14-20(21)25(34)22(16-19-12-9-8-10-13-19)31-29(39)40-30(5,6)7/h8-10,12-13,17-18,20-25,34H,11,14-16H2,1-7H3,(H,31,39)(H,32,35)(H,33,36)(H,37,38)/t20?,21-,22?,23-,24?,25?/m1/s1. The summed E-state index contributed by atoms with van der Waals surface area (Å²) in [6.07, 6.45) is 0.448. The van der Waals surface area contributed by atoms with Crippen molar-refractivity contribution in [1.29, 1.82) is 0 Å². The van der Waals surface area contributed by atoms with Gasteiger partial charge in [0.25, 0.3) is 0 Å². The van der Waals surface area contributed by atoms with Crippen LogP contribution in [0.1, 0.15) is 73.3 Å². The molecule has 10 nitrogen and oxygen atoms in total. The number of benzene rings is 1. The number of hydrogen-bond donors (Lipinski definition) is 5. The normalized spacial score (nSPS) is 20.4. The summed E-state index contributed by atoms with van der Waals surface area (Å²) in [6.45, 7) is 12.2. The van der Waals surface area contributed by atoms with Crippen molar-refractivity contribution >= 4 is 23.9 Å². The van der Waals surface area contributed by atoms with Gasteiger partial charge in [-0.2, -0.15) is 0 Å². The van der Waals surface area contributed by atoms with E-state index in [1.807, 2.05) is 30.3 Å². The topological polar surface area (TPSA) is 154 Å². The Bertz CT molecular complexity index is 1010. The highest BCUT2D eigenvalue weighted by Crippen LogP contribution is 2.36. The maximum atomic E-state index is 13.5. The Balaban J connectivity index is 2.21. The lowest BCUT2D eigenvalue weighted by molar-refractivity contribution is -0.144. The molecule has 0 heterocycles. The highest BCUT2D eigenvalue weighted by Gasteiger charge is 2.42. The second-order valence-electron chi connectivity index (χ2n) is 12.4. The first kappa shape index (κ1) is 33.1. The fraction of sp³-hybridized carbons (Fsp3) is 0.667. The number of aliphatic carboxylic acids is 1. The van der Waals surface area contributed by atoms with Crippen LogP contribution in [-0.4, -0.2) is 63.9 Å². The molecule has 0 aliphatic heterocycles. The van der Waals surface area contributed by atoms with Gasteiger partial charge >= 0.3 is 12.1 Å². The van der Waals surface area contributed by atoms with Crippen molar-refractivity contribution in [2.75, 3.05) is 0 Å². The van der Waals surface area contributed by atoms with Gasteiger partial charge in [-0.3, -0.25) is 9.59 Å². The minimum Gasteiger partial charge on any atom is -0.480 e. The third kappa shape index (κ3) is 9.80. The van der Waals surface area contributed by atoms with Gasteiger partial charge in [-0.05, 0) is 63.4 Å². The van der Waals surface area contributed by atoms with Gasteiger partial charge in [0.05, 0.1) is 12.1 Å². The number of rotatable bonds is 12. The number of hydrogen-bond acceptors (Lipinski definition) is 6. The molecule has 1 aliphatic rings. The number of amides is 3. The summed E-state index contributed by atoms with van der Waals surface area (Å²) in [7, 11) is 0. The van der Waals surface area contributed by atoms with E-state index in [4.69, 9.17) is 4.74 Å². The van der Waals surface area contributed by atoms with Crippen molar-refractivity contribution < 1.29 is 34.1 Å². The molecule has 224 valence electrons.